The molecule has 1 heterocycles. The molecule has 1 aromatic heterocycles. The normalized spacial score (nSPS) is 13.4. The first-order chi connectivity index (χ1) is 12.2. The van der Waals surface area contributed by atoms with Crippen LogP contribution in [-0.4, -0.2) is 27.5 Å². The molecule has 0 radical (unpaired) electrons. The number of carbonyl (C=O) groups is 1. The van der Waals surface area contributed by atoms with Crippen molar-refractivity contribution in [2.24, 2.45) is 5.92 Å². The summed E-state index contributed by atoms with van der Waals surface area (Å²) < 4.78 is 38.3. The van der Waals surface area contributed by atoms with Crippen LogP contribution in [0, 0.1) is 5.92 Å². The molecule has 7 nitrogen and oxygen atoms in total. The Hall–Kier alpha value is -2.58. The number of nitrogens with two attached hydrogens (primary N) is 1. The first kappa shape index (κ1) is 18.2. The smallest absolute Gasteiger partial charge is 0.324 e. The SMILES string of the molecule is COC(=O)C(NS(=O)(=O)c1ccc2oc3cc(N)ccc3c2c1)C(C)C. The lowest BCUT2D eigenvalue weighted by Gasteiger charge is -2.19. The van der Waals surface area contributed by atoms with Crippen molar-refractivity contribution in [3.05, 3.63) is 36.4 Å². The summed E-state index contributed by atoms with van der Waals surface area (Å²) in [5.41, 5.74) is 7.45. The number of sulfonamides is 1. The number of esters is 1. The molecule has 1 atom stereocenters. The molecule has 26 heavy (non-hydrogen) atoms. The van der Waals surface area contributed by atoms with Crippen molar-refractivity contribution in [2.45, 2.75) is 24.8 Å². The maximum atomic E-state index is 12.8. The summed E-state index contributed by atoms with van der Waals surface area (Å²) in [6, 6.07) is 8.77. The second kappa shape index (κ2) is 6.62. The van der Waals surface area contributed by atoms with Gasteiger partial charge in [-0.05, 0) is 36.2 Å². The summed E-state index contributed by atoms with van der Waals surface area (Å²) in [5, 5.41) is 1.42. The Morgan fingerprint density at radius 1 is 1.12 bits per heavy atom. The van der Waals surface area contributed by atoms with Gasteiger partial charge in [0.2, 0.25) is 10.0 Å². The molecule has 1 unspecified atom stereocenters. The van der Waals surface area contributed by atoms with E-state index in [1.165, 1.54) is 19.2 Å². The van der Waals surface area contributed by atoms with E-state index in [1.807, 2.05) is 0 Å². The first-order valence-corrected chi connectivity index (χ1v) is 9.53. The fraction of sp³-hybridized carbons (Fsp3) is 0.278. The largest absolute Gasteiger partial charge is 0.468 e. The van der Waals surface area contributed by atoms with Gasteiger partial charge in [0.25, 0.3) is 0 Å². The Morgan fingerprint density at radius 2 is 1.85 bits per heavy atom. The van der Waals surface area contributed by atoms with E-state index in [-0.39, 0.29) is 10.8 Å². The van der Waals surface area contributed by atoms with Gasteiger partial charge in [0.15, 0.2) is 0 Å². The lowest BCUT2D eigenvalue weighted by atomic mass is 10.1. The molecule has 138 valence electrons. The van der Waals surface area contributed by atoms with Crippen LogP contribution in [0.1, 0.15) is 13.8 Å². The Labute approximate surface area is 151 Å². The van der Waals surface area contributed by atoms with Gasteiger partial charge < -0.3 is 14.9 Å². The van der Waals surface area contributed by atoms with Gasteiger partial charge in [-0.1, -0.05) is 13.8 Å². The van der Waals surface area contributed by atoms with Gasteiger partial charge in [0.05, 0.1) is 12.0 Å². The van der Waals surface area contributed by atoms with Crippen LogP contribution in [0.4, 0.5) is 5.69 Å². The molecule has 8 heteroatoms. The Morgan fingerprint density at radius 3 is 2.50 bits per heavy atom. The molecule has 3 N–H and O–H groups in total. The average molecular weight is 376 g/mol. The number of furan rings is 1. The number of nitrogen functional groups attached to an aromatic ring is 1. The van der Waals surface area contributed by atoms with Crippen LogP contribution < -0.4 is 10.5 Å². The highest BCUT2D eigenvalue weighted by Crippen LogP contribution is 2.31. The van der Waals surface area contributed by atoms with Crippen molar-refractivity contribution in [1.82, 2.24) is 4.72 Å². The topological polar surface area (TPSA) is 112 Å². The zero-order valence-electron chi connectivity index (χ0n) is 14.6. The fourth-order valence-corrected chi connectivity index (χ4v) is 4.12. The molecule has 0 aliphatic rings. The van der Waals surface area contributed by atoms with E-state index in [0.29, 0.717) is 22.2 Å². The second-order valence-electron chi connectivity index (χ2n) is 6.38. The Balaban J connectivity index is 2.06. The van der Waals surface area contributed by atoms with E-state index in [0.717, 1.165) is 5.39 Å². The molecule has 2 aromatic carbocycles. The van der Waals surface area contributed by atoms with Gasteiger partial charge in [-0.25, -0.2) is 8.42 Å². The van der Waals surface area contributed by atoms with Crippen molar-refractivity contribution in [1.29, 1.82) is 0 Å². The van der Waals surface area contributed by atoms with E-state index in [2.05, 4.69) is 9.46 Å². The van der Waals surface area contributed by atoms with Crippen molar-refractivity contribution in [2.75, 3.05) is 12.8 Å². The van der Waals surface area contributed by atoms with Crippen LogP contribution >= 0.6 is 0 Å². The molecule has 3 rings (SSSR count). The van der Waals surface area contributed by atoms with E-state index >= 15 is 0 Å². The van der Waals surface area contributed by atoms with E-state index < -0.39 is 22.0 Å². The number of methoxy groups -OCH3 is 1. The highest BCUT2D eigenvalue weighted by Gasteiger charge is 2.29. The number of rotatable bonds is 5. The zero-order chi connectivity index (χ0) is 19.1. The molecule has 0 aliphatic heterocycles. The molecular formula is C18H20N2O5S. The number of hydrogen-bond acceptors (Lipinski definition) is 6. The summed E-state index contributed by atoms with van der Waals surface area (Å²) in [6.07, 6.45) is 0. The standard InChI is InChI=1S/C18H20N2O5S/c1-10(2)17(18(21)24-3)20-26(22,23)12-5-7-15-14(9-12)13-6-4-11(19)8-16(13)25-15/h4-10,17,20H,19H2,1-3H3. The van der Waals surface area contributed by atoms with Crippen LogP contribution in [0.3, 0.4) is 0 Å². The molecule has 0 bridgehead atoms. The third-order valence-electron chi connectivity index (χ3n) is 4.18. The number of carbonyl (C=O) groups excluding carboxylic acids is 1. The molecule has 0 fully saturated rings. The van der Waals surface area contributed by atoms with Gasteiger partial charge in [-0.15, -0.1) is 0 Å². The molecule has 0 saturated carbocycles. The molecular weight excluding hydrogens is 356 g/mol. The van der Waals surface area contributed by atoms with Crippen molar-refractivity contribution < 1.29 is 22.4 Å². The van der Waals surface area contributed by atoms with Crippen molar-refractivity contribution in [3.63, 3.8) is 0 Å². The highest BCUT2D eigenvalue weighted by molar-refractivity contribution is 7.89. The maximum Gasteiger partial charge on any atom is 0.324 e. The molecule has 3 aromatic rings. The molecule has 0 aliphatic carbocycles. The van der Waals surface area contributed by atoms with E-state index in [4.69, 9.17) is 10.2 Å². The van der Waals surface area contributed by atoms with Crippen LogP contribution in [-0.2, 0) is 19.6 Å². The van der Waals surface area contributed by atoms with Crippen molar-refractivity contribution >= 4 is 43.6 Å². The predicted molar refractivity (Wildman–Crippen MR) is 99.1 cm³/mol. The van der Waals surface area contributed by atoms with E-state index in [1.54, 1.807) is 38.1 Å². The number of nitrogens with one attached hydrogen (secondary N) is 1. The summed E-state index contributed by atoms with van der Waals surface area (Å²) in [4.78, 5) is 11.9. The fourth-order valence-electron chi connectivity index (χ4n) is 2.76. The number of hydrogen-bond donors (Lipinski definition) is 2. The van der Waals surface area contributed by atoms with E-state index in [9.17, 15) is 13.2 Å². The van der Waals surface area contributed by atoms with Crippen molar-refractivity contribution in [3.8, 4) is 0 Å². The quantitative estimate of drug-likeness (QED) is 0.523. The lowest BCUT2D eigenvalue weighted by molar-refractivity contribution is -0.143. The summed E-state index contributed by atoms with van der Waals surface area (Å²) >= 11 is 0. The monoisotopic (exact) mass is 376 g/mol. The highest BCUT2D eigenvalue weighted by atomic mass is 32.2. The van der Waals surface area contributed by atoms with Crippen LogP contribution in [0.5, 0.6) is 0 Å². The summed E-state index contributed by atoms with van der Waals surface area (Å²) in [7, 11) is -2.70. The molecule has 0 saturated heterocycles. The van der Waals surface area contributed by atoms with Crippen LogP contribution in [0.25, 0.3) is 21.9 Å². The minimum Gasteiger partial charge on any atom is -0.468 e. The number of benzene rings is 2. The van der Waals surface area contributed by atoms with Gasteiger partial charge >= 0.3 is 5.97 Å². The number of fused-ring (bicyclic) bond motifs is 3. The summed E-state index contributed by atoms with van der Waals surface area (Å²) in [5.74, 6) is -0.896. The van der Waals surface area contributed by atoms with Gasteiger partial charge in [-0.3, -0.25) is 4.79 Å². The minimum atomic E-state index is -3.92. The van der Waals surface area contributed by atoms with Crippen LogP contribution in [0.15, 0.2) is 45.7 Å². The minimum absolute atomic E-state index is 0.0408. The third-order valence-corrected chi connectivity index (χ3v) is 5.62. The molecule has 0 spiro atoms. The Bertz CT molecular complexity index is 1090. The average Bonchev–Trinajstić information content (AvgIpc) is 2.95. The number of anilines is 1. The lowest BCUT2D eigenvalue weighted by Crippen LogP contribution is -2.44. The van der Waals surface area contributed by atoms with Gasteiger partial charge in [0.1, 0.15) is 17.2 Å². The maximum absolute atomic E-state index is 12.8. The Kier molecular flexibility index (Phi) is 4.64. The number of ether oxygens (including phenoxy) is 1. The second-order valence-corrected chi connectivity index (χ2v) is 8.10. The van der Waals surface area contributed by atoms with Gasteiger partial charge in [0, 0.05) is 22.5 Å². The molecule has 0 amide bonds. The first-order valence-electron chi connectivity index (χ1n) is 8.05. The predicted octanol–water partition coefficient (Wildman–Crippen LogP) is 2.64. The third kappa shape index (κ3) is 3.25. The van der Waals surface area contributed by atoms with Gasteiger partial charge in [-0.2, -0.15) is 4.72 Å². The van der Waals surface area contributed by atoms with Crippen LogP contribution in [0.2, 0.25) is 0 Å². The zero-order valence-corrected chi connectivity index (χ0v) is 15.5. The summed E-state index contributed by atoms with van der Waals surface area (Å²) in [6.45, 7) is 3.47.